The summed E-state index contributed by atoms with van der Waals surface area (Å²) in [6.07, 6.45) is 1.11. The molecule has 192 valence electrons. The van der Waals surface area contributed by atoms with Gasteiger partial charge in [0.1, 0.15) is 11.6 Å². The summed E-state index contributed by atoms with van der Waals surface area (Å²) >= 11 is 0. The van der Waals surface area contributed by atoms with Crippen LogP contribution >= 0.6 is 0 Å². The van der Waals surface area contributed by atoms with E-state index in [0.29, 0.717) is 29.8 Å². The number of carbonyl (C=O) groups excluding carboxylic acids is 2. The average molecular weight is 502 g/mol. The summed E-state index contributed by atoms with van der Waals surface area (Å²) < 4.78 is 5.21. The highest BCUT2D eigenvalue weighted by Gasteiger charge is 2.26. The molecule has 9 nitrogen and oxygen atoms in total. The number of rotatable bonds is 11. The van der Waals surface area contributed by atoms with Crippen LogP contribution in [0.15, 0.2) is 48.0 Å². The zero-order chi connectivity index (χ0) is 27.4. The summed E-state index contributed by atoms with van der Waals surface area (Å²) in [6.45, 7) is 6.50. The second kappa shape index (κ2) is 14.4. The number of alkyl carbamates (subject to hydrolysis) is 1. The maximum absolute atomic E-state index is 12.6. The smallest absolute Gasteiger partial charge is 0.449 e. The van der Waals surface area contributed by atoms with Crippen LogP contribution in [0.4, 0.5) is 4.79 Å². The predicted molar refractivity (Wildman–Crippen MR) is 140 cm³/mol. The number of aryl methyl sites for hydroxylation is 1. The van der Waals surface area contributed by atoms with Crippen molar-refractivity contribution in [2.24, 2.45) is 0 Å². The molecule has 3 N–H and O–H groups in total. The van der Waals surface area contributed by atoms with E-state index in [1.54, 1.807) is 18.2 Å². The molecule has 1 atom stereocenters. The Hall–Kier alpha value is -4.12. The van der Waals surface area contributed by atoms with Gasteiger partial charge in [-0.1, -0.05) is 35.9 Å². The third-order valence-electron chi connectivity index (χ3n) is 5.72. The summed E-state index contributed by atoms with van der Waals surface area (Å²) in [5.41, 5.74) is 3.37. The largest absolute Gasteiger partial charge is 0.475 e. The normalized spacial score (nSPS) is 11.6. The Bertz CT molecular complexity index is 1190. The monoisotopic (exact) mass is 502 g/mol. The molecule has 2 aromatic rings. The molecule has 0 fully saturated rings. The van der Waals surface area contributed by atoms with Crippen molar-refractivity contribution < 1.29 is 24.4 Å². The SMILES string of the molecule is CCN(CC)C(=O)C(C#N)=Cc1cc(C#N)cc(CCOC(=O)N[C@@H](Cc2ccc(C)cc2)B(O)O)c1. The molecule has 0 bridgehead atoms. The molecule has 0 heterocycles. The molecule has 0 aliphatic carbocycles. The fourth-order valence-electron chi connectivity index (χ4n) is 3.66. The first-order valence-electron chi connectivity index (χ1n) is 12.0. The lowest BCUT2D eigenvalue weighted by Gasteiger charge is -2.18. The van der Waals surface area contributed by atoms with Gasteiger partial charge in [0.25, 0.3) is 5.91 Å². The molecule has 0 unspecified atom stereocenters. The van der Waals surface area contributed by atoms with Crippen molar-refractivity contribution in [2.75, 3.05) is 19.7 Å². The van der Waals surface area contributed by atoms with Crippen molar-refractivity contribution in [1.82, 2.24) is 10.2 Å². The van der Waals surface area contributed by atoms with E-state index in [1.807, 2.05) is 51.1 Å². The molecule has 2 rings (SSSR count). The van der Waals surface area contributed by atoms with Crippen molar-refractivity contribution in [2.45, 2.75) is 39.6 Å². The number of hydrogen-bond donors (Lipinski definition) is 3. The molecule has 0 aliphatic rings. The standard InChI is InChI=1S/C27H31BN4O5/c1-4-32(5-2)26(33)24(18-30)15-22-12-21(13-23(14-22)17-29)10-11-37-27(34)31-25(28(35)36)16-20-8-6-19(3)7-9-20/h6-9,12-15,25,35-36H,4-5,10-11,16H2,1-3H3,(H,31,34)/t25-/m0/s1. The van der Waals surface area contributed by atoms with Crippen molar-refractivity contribution in [3.8, 4) is 12.1 Å². The number of ether oxygens (including phenoxy) is 1. The van der Waals surface area contributed by atoms with Crippen LogP contribution in [-0.2, 0) is 22.4 Å². The Labute approximate surface area is 217 Å². The van der Waals surface area contributed by atoms with Gasteiger partial charge in [0.15, 0.2) is 0 Å². The molecule has 2 aromatic carbocycles. The van der Waals surface area contributed by atoms with E-state index < -0.39 is 19.2 Å². The second-order valence-corrected chi connectivity index (χ2v) is 8.46. The van der Waals surface area contributed by atoms with Crippen LogP contribution in [0.1, 0.15) is 41.7 Å². The Morgan fingerprint density at radius 3 is 2.35 bits per heavy atom. The van der Waals surface area contributed by atoms with Gasteiger partial charge >= 0.3 is 13.2 Å². The summed E-state index contributed by atoms with van der Waals surface area (Å²) in [5.74, 6) is -1.34. The van der Waals surface area contributed by atoms with Gasteiger partial charge in [-0.2, -0.15) is 10.5 Å². The first-order valence-corrected chi connectivity index (χ1v) is 12.0. The van der Waals surface area contributed by atoms with Crippen LogP contribution in [0.5, 0.6) is 0 Å². The van der Waals surface area contributed by atoms with Crippen molar-refractivity contribution in [3.05, 3.63) is 75.9 Å². The van der Waals surface area contributed by atoms with E-state index in [2.05, 4.69) is 11.4 Å². The van der Waals surface area contributed by atoms with Crippen molar-refractivity contribution in [1.29, 1.82) is 10.5 Å². The zero-order valence-electron chi connectivity index (χ0n) is 21.3. The Balaban J connectivity index is 2.05. The van der Waals surface area contributed by atoms with E-state index in [0.717, 1.165) is 11.1 Å². The van der Waals surface area contributed by atoms with Gasteiger partial charge in [-0.15, -0.1) is 0 Å². The maximum Gasteiger partial charge on any atom is 0.475 e. The molecule has 0 spiro atoms. The van der Waals surface area contributed by atoms with E-state index in [1.165, 1.54) is 11.0 Å². The summed E-state index contributed by atoms with van der Waals surface area (Å²) in [5, 5.41) is 40.7. The highest BCUT2D eigenvalue weighted by Crippen LogP contribution is 2.16. The minimum absolute atomic E-state index is 0.0356. The molecule has 0 saturated heterocycles. The lowest BCUT2D eigenvalue weighted by atomic mass is 9.76. The molecule has 37 heavy (non-hydrogen) atoms. The van der Waals surface area contributed by atoms with Gasteiger partial charge in [-0.25, -0.2) is 4.79 Å². The van der Waals surface area contributed by atoms with Gasteiger partial charge in [0.05, 0.1) is 24.2 Å². The van der Waals surface area contributed by atoms with E-state index in [4.69, 9.17) is 4.74 Å². The number of nitrogens with one attached hydrogen (secondary N) is 1. The van der Waals surface area contributed by atoms with Gasteiger partial charge in [0, 0.05) is 19.5 Å². The summed E-state index contributed by atoms with van der Waals surface area (Å²) in [4.78, 5) is 26.4. The molecule has 10 heteroatoms. The van der Waals surface area contributed by atoms with Crippen LogP contribution in [0.3, 0.4) is 0 Å². The Morgan fingerprint density at radius 1 is 1.11 bits per heavy atom. The van der Waals surface area contributed by atoms with Crippen molar-refractivity contribution >= 4 is 25.2 Å². The Morgan fingerprint density at radius 2 is 1.78 bits per heavy atom. The molecule has 2 amide bonds. The lowest BCUT2D eigenvalue weighted by Crippen LogP contribution is -2.48. The quantitative estimate of drug-likeness (QED) is 0.243. The van der Waals surface area contributed by atoms with Gasteiger partial charge < -0.3 is 25.0 Å². The highest BCUT2D eigenvalue weighted by molar-refractivity contribution is 6.43. The minimum atomic E-state index is -1.77. The fourth-order valence-corrected chi connectivity index (χ4v) is 3.66. The van der Waals surface area contributed by atoms with E-state index in [-0.39, 0.29) is 30.9 Å². The average Bonchev–Trinajstić information content (AvgIpc) is 2.88. The number of likely N-dealkylation sites (N-methyl/N-ethyl adjacent to an activating group) is 1. The summed E-state index contributed by atoms with van der Waals surface area (Å²) in [6, 6.07) is 16.4. The number of carbonyl (C=O) groups is 2. The fraction of sp³-hybridized carbons (Fsp3) is 0.333. The van der Waals surface area contributed by atoms with Crippen LogP contribution in [0, 0.1) is 29.6 Å². The van der Waals surface area contributed by atoms with Crippen LogP contribution in [0.2, 0.25) is 0 Å². The number of hydrogen-bond acceptors (Lipinski definition) is 7. The lowest BCUT2D eigenvalue weighted by molar-refractivity contribution is -0.126. The number of nitriles is 2. The summed E-state index contributed by atoms with van der Waals surface area (Å²) in [7, 11) is -1.77. The van der Waals surface area contributed by atoms with Gasteiger partial charge in [0.2, 0.25) is 0 Å². The maximum atomic E-state index is 12.6. The number of amides is 2. The second-order valence-electron chi connectivity index (χ2n) is 8.46. The molecular formula is C27H31BN4O5. The van der Waals surface area contributed by atoms with Crippen LogP contribution in [0.25, 0.3) is 6.08 Å². The first-order chi connectivity index (χ1) is 17.7. The molecule has 0 aromatic heterocycles. The van der Waals surface area contributed by atoms with E-state index >= 15 is 0 Å². The molecular weight excluding hydrogens is 471 g/mol. The van der Waals surface area contributed by atoms with Crippen LogP contribution in [-0.4, -0.2) is 59.7 Å². The van der Waals surface area contributed by atoms with Gasteiger partial charge in [-0.3, -0.25) is 4.79 Å². The van der Waals surface area contributed by atoms with E-state index in [9.17, 15) is 30.2 Å². The topological polar surface area (TPSA) is 147 Å². The number of benzene rings is 2. The van der Waals surface area contributed by atoms with Crippen molar-refractivity contribution in [3.63, 3.8) is 0 Å². The molecule has 0 saturated carbocycles. The first kappa shape index (κ1) is 29.1. The third kappa shape index (κ3) is 9.12. The highest BCUT2D eigenvalue weighted by atomic mass is 16.5. The Kier molecular flexibility index (Phi) is 11.4. The molecule has 0 aliphatic heterocycles. The van der Waals surface area contributed by atoms with Crippen LogP contribution < -0.4 is 5.32 Å². The number of nitrogens with zero attached hydrogens (tertiary/aromatic N) is 3. The minimum Gasteiger partial charge on any atom is -0.449 e. The third-order valence-corrected chi connectivity index (χ3v) is 5.72. The zero-order valence-corrected chi connectivity index (χ0v) is 21.3. The predicted octanol–water partition coefficient (Wildman–Crippen LogP) is 2.53. The molecule has 0 radical (unpaired) electrons. The van der Waals surface area contributed by atoms with Gasteiger partial charge in [-0.05, 0) is 62.1 Å².